The van der Waals surface area contributed by atoms with E-state index in [-0.39, 0.29) is 0 Å². The molecule has 7 aromatic rings. The molecule has 0 amide bonds. The number of hydrogen-bond donors (Lipinski definition) is 0. The van der Waals surface area contributed by atoms with Crippen molar-refractivity contribution in [1.82, 2.24) is 0 Å². The van der Waals surface area contributed by atoms with Gasteiger partial charge in [0.15, 0.2) is 0 Å². The maximum absolute atomic E-state index is 2.34. The summed E-state index contributed by atoms with van der Waals surface area (Å²) in [4.78, 5) is 0. The summed E-state index contributed by atoms with van der Waals surface area (Å²) in [6, 6.07) is 51.5. The van der Waals surface area contributed by atoms with Gasteiger partial charge in [-0.2, -0.15) is 0 Å². The molecule has 0 atom stereocenters. The Balaban J connectivity index is 1.10. The summed E-state index contributed by atoms with van der Waals surface area (Å²) >= 11 is 0. The molecule has 240 valence electrons. The number of benzene rings is 7. The summed E-state index contributed by atoms with van der Waals surface area (Å²) in [6.07, 6.45) is 14.4. The molecule has 0 nitrogen and oxygen atoms in total. The second kappa shape index (κ2) is 13.5. The van der Waals surface area contributed by atoms with Gasteiger partial charge in [-0.1, -0.05) is 157 Å². The molecule has 0 N–H and O–H groups in total. The SMILES string of the molecule is C\C=C/C1=C(\C)C\C=C/C(=C\C)C(/c2ccc(-c3ccc4ccc(-c5ccc(-c6cc7ccccc7c7ccccc67)cc5)cc4c3)cc2)=C\1. The van der Waals surface area contributed by atoms with Gasteiger partial charge < -0.3 is 0 Å². The van der Waals surface area contributed by atoms with Crippen molar-refractivity contribution in [2.24, 2.45) is 0 Å². The van der Waals surface area contributed by atoms with Crippen molar-refractivity contribution < 1.29 is 0 Å². The predicted octanol–water partition coefficient (Wildman–Crippen LogP) is 14.3. The summed E-state index contributed by atoms with van der Waals surface area (Å²) in [5.74, 6) is 0. The van der Waals surface area contributed by atoms with Gasteiger partial charge in [0.2, 0.25) is 0 Å². The molecular formula is C50H40. The van der Waals surface area contributed by atoms with Crippen LogP contribution in [0.15, 0.2) is 193 Å². The minimum Gasteiger partial charge on any atom is -0.0871 e. The van der Waals surface area contributed by atoms with Crippen molar-refractivity contribution in [3.63, 3.8) is 0 Å². The van der Waals surface area contributed by atoms with Crippen molar-refractivity contribution in [3.05, 3.63) is 198 Å². The van der Waals surface area contributed by atoms with Gasteiger partial charge in [-0.25, -0.2) is 0 Å². The molecule has 0 bridgehead atoms. The Morgan fingerprint density at radius 2 is 1.08 bits per heavy atom. The summed E-state index contributed by atoms with van der Waals surface area (Å²) < 4.78 is 0. The summed E-state index contributed by atoms with van der Waals surface area (Å²) in [6.45, 7) is 6.44. The molecular weight excluding hydrogens is 601 g/mol. The Hall–Kier alpha value is -5.98. The fourth-order valence-corrected chi connectivity index (χ4v) is 7.39. The fraction of sp³-hybridized carbons (Fsp3) is 0.0800. The van der Waals surface area contributed by atoms with Gasteiger partial charge in [-0.3, -0.25) is 0 Å². The van der Waals surface area contributed by atoms with Crippen LogP contribution in [0, 0.1) is 0 Å². The average molecular weight is 641 g/mol. The first-order chi connectivity index (χ1) is 24.6. The van der Waals surface area contributed by atoms with Crippen LogP contribution in [-0.4, -0.2) is 0 Å². The van der Waals surface area contributed by atoms with Gasteiger partial charge in [0.1, 0.15) is 0 Å². The van der Waals surface area contributed by atoms with Crippen LogP contribution in [0.5, 0.6) is 0 Å². The number of fused-ring (bicyclic) bond motifs is 4. The van der Waals surface area contributed by atoms with Crippen molar-refractivity contribution in [2.75, 3.05) is 0 Å². The van der Waals surface area contributed by atoms with E-state index in [0.717, 1.165) is 6.42 Å². The highest BCUT2D eigenvalue weighted by molar-refractivity contribution is 6.13. The standard InChI is InChI=1S/C50H40/c1-4-11-41-32-49(35(5-2)14-10-12-34(41)3)39-24-18-36(19-25-39)42-28-22-38-23-29-43(31-45(38)30-42)37-20-26-40(27-21-37)50-33-44-13-6-7-15-46(44)47-16-8-9-17-48(47)50/h4-11,13-33H,12H2,1-3H3/b11-4-,14-10-,35-5+,41-34-,49-32+. The molecule has 0 aromatic heterocycles. The molecule has 1 aliphatic rings. The zero-order chi connectivity index (χ0) is 34.0. The second-order valence-corrected chi connectivity index (χ2v) is 13.3. The van der Waals surface area contributed by atoms with Gasteiger partial charge >= 0.3 is 0 Å². The predicted molar refractivity (Wildman–Crippen MR) is 218 cm³/mol. The van der Waals surface area contributed by atoms with Gasteiger partial charge in [-0.05, 0) is 139 Å². The van der Waals surface area contributed by atoms with E-state index in [4.69, 9.17) is 0 Å². The summed E-state index contributed by atoms with van der Waals surface area (Å²) in [5, 5.41) is 7.65. The lowest BCUT2D eigenvalue weighted by Gasteiger charge is -2.15. The third kappa shape index (κ3) is 5.95. The van der Waals surface area contributed by atoms with Crippen LogP contribution < -0.4 is 0 Å². The number of hydrogen-bond acceptors (Lipinski definition) is 0. The monoisotopic (exact) mass is 640 g/mol. The zero-order valence-electron chi connectivity index (χ0n) is 29.0. The third-order valence-electron chi connectivity index (χ3n) is 10.1. The van der Waals surface area contributed by atoms with Crippen LogP contribution in [0.25, 0.3) is 71.3 Å². The summed E-state index contributed by atoms with van der Waals surface area (Å²) in [7, 11) is 0. The van der Waals surface area contributed by atoms with E-state index in [2.05, 4.69) is 197 Å². The maximum Gasteiger partial charge on any atom is -0.00990 e. The van der Waals surface area contributed by atoms with E-state index in [1.165, 1.54) is 93.6 Å². The van der Waals surface area contributed by atoms with Gasteiger partial charge in [-0.15, -0.1) is 0 Å². The first kappa shape index (κ1) is 31.3. The van der Waals surface area contributed by atoms with Crippen molar-refractivity contribution in [3.8, 4) is 33.4 Å². The molecule has 50 heavy (non-hydrogen) atoms. The maximum atomic E-state index is 2.34. The summed E-state index contributed by atoms with van der Waals surface area (Å²) in [5.41, 5.74) is 13.8. The van der Waals surface area contributed by atoms with E-state index in [0.29, 0.717) is 0 Å². The first-order valence-electron chi connectivity index (χ1n) is 17.6. The van der Waals surface area contributed by atoms with Crippen molar-refractivity contribution >= 4 is 37.9 Å². The number of rotatable bonds is 5. The Kier molecular flexibility index (Phi) is 8.45. The molecule has 0 spiro atoms. The van der Waals surface area contributed by atoms with Gasteiger partial charge in [0.05, 0.1) is 0 Å². The Morgan fingerprint density at radius 3 is 1.74 bits per heavy atom. The Labute approximate surface area is 295 Å². The third-order valence-corrected chi connectivity index (χ3v) is 10.1. The highest BCUT2D eigenvalue weighted by Gasteiger charge is 2.12. The lowest BCUT2D eigenvalue weighted by molar-refractivity contribution is 1.18. The second-order valence-electron chi connectivity index (χ2n) is 13.3. The van der Waals surface area contributed by atoms with Crippen LogP contribution in [-0.2, 0) is 0 Å². The molecule has 7 aromatic carbocycles. The molecule has 0 saturated heterocycles. The van der Waals surface area contributed by atoms with Gasteiger partial charge in [0, 0.05) is 0 Å². The minimum atomic E-state index is 0.970. The zero-order valence-corrected chi connectivity index (χ0v) is 29.0. The fourth-order valence-electron chi connectivity index (χ4n) is 7.39. The molecule has 8 rings (SSSR count). The Bertz CT molecular complexity index is 2550. The van der Waals surface area contributed by atoms with E-state index >= 15 is 0 Å². The quantitative estimate of drug-likeness (QED) is 0.164. The molecule has 0 fully saturated rings. The van der Waals surface area contributed by atoms with E-state index in [1.54, 1.807) is 0 Å². The van der Waals surface area contributed by atoms with Crippen LogP contribution in [0.4, 0.5) is 0 Å². The van der Waals surface area contributed by atoms with E-state index in [9.17, 15) is 0 Å². The normalized spacial score (nSPS) is 17.7. The highest BCUT2D eigenvalue weighted by atomic mass is 14.2. The van der Waals surface area contributed by atoms with Crippen LogP contribution in [0.1, 0.15) is 32.8 Å². The number of allylic oxidation sites excluding steroid dienone is 10. The minimum absolute atomic E-state index is 0.970. The molecule has 0 heteroatoms. The Morgan fingerprint density at radius 1 is 0.500 bits per heavy atom. The highest BCUT2D eigenvalue weighted by Crippen LogP contribution is 2.37. The lowest BCUT2D eigenvalue weighted by atomic mass is 9.90. The molecule has 0 aliphatic heterocycles. The first-order valence-corrected chi connectivity index (χ1v) is 17.6. The van der Waals surface area contributed by atoms with Crippen molar-refractivity contribution in [1.29, 1.82) is 0 Å². The average Bonchev–Trinajstić information content (AvgIpc) is 3.17. The largest absolute Gasteiger partial charge is 0.0871 e. The lowest BCUT2D eigenvalue weighted by Crippen LogP contribution is -1.94. The molecule has 0 saturated carbocycles. The van der Waals surface area contributed by atoms with E-state index in [1.807, 2.05) is 0 Å². The van der Waals surface area contributed by atoms with Crippen molar-refractivity contribution in [2.45, 2.75) is 27.2 Å². The molecule has 0 heterocycles. The topological polar surface area (TPSA) is 0 Å². The smallest absolute Gasteiger partial charge is 0.00990 e. The molecule has 0 radical (unpaired) electrons. The van der Waals surface area contributed by atoms with Gasteiger partial charge in [0.25, 0.3) is 0 Å². The van der Waals surface area contributed by atoms with Crippen LogP contribution in [0.3, 0.4) is 0 Å². The van der Waals surface area contributed by atoms with E-state index < -0.39 is 0 Å². The molecule has 0 unspecified atom stereocenters. The van der Waals surface area contributed by atoms with Crippen LogP contribution >= 0.6 is 0 Å². The molecule has 1 aliphatic carbocycles. The van der Waals surface area contributed by atoms with Crippen LogP contribution in [0.2, 0.25) is 0 Å².